The summed E-state index contributed by atoms with van der Waals surface area (Å²) in [5.41, 5.74) is -0.737. The van der Waals surface area contributed by atoms with Gasteiger partial charge in [-0.05, 0) is 39.2 Å². The molecule has 0 saturated heterocycles. The fraction of sp³-hybridized carbons (Fsp3) is 0.769. The number of methoxy groups -OCH3 is 1. The van der Waals surface area contributed by atoms with E-state index >= 15 is 0 Å². The summed E-state index contributed by atoms with van der Waals surface area (Å²) in [4.78, 5) is 23.8. The molecule has 8 heteroatoms. The van der Waals surface area contributed by atoms with Crippen LogP contribution < -0.4 is 11.0 Å². The molecular weight excluding hydrogens is 292 g/mol. The van der Waals surface area contributed by atoms with Gasteiger partial charge in [0.2, 0.25) is 0 Å². The van der Waals surface area contributed by atoms with E-state index in [1.165, 1.54) is 7.11 Å². The third kappa shape index (κ3) is 2.62. The van der Waals surface area contributed by atoms with Gasteiger partial charge in [-0.3, -0.25) is 9.36 Å². The second kappa shape index (κ2) is 5.49. The maximum atomic E-state index is 12.0. The number of likely N-dealkylation sites (N-methyl/N-ethyl adjacent to an activating group) is 1. The molecule has 0 aromatic carbocycles. The quantitative estimate of drug-likeness (QED) is 0.777. The molecule has 2 aliphatic rings. The Bertz CT molecular complexity index is 594. The van der Waals surface area contributed by atoms with Gasteiger partial charge in [-0.25, -0.2) is 9.89 Å². The molecule has 7 nitrogen and oxygen atoms in total. The van der Waals surface area contributed by atoms with Crippen molar-refractivity contribution in [3.63, 3.8) is 0 Å². The molecule has 0 spiro atoms. The summed E-state index contributed by atoms with van der Waals surface area (Å²) in [5.74, 6) is -0.213. The van der Waals surface area contributed by atoms with Gasteiger partial charge in [0.1, 0.15) is 5.54 Å². The molecule has 0 amide bonds. The molecule has 2 unspecified atom stereocenters. The number of hydrogen-bond acceptors (Lipinski definition) is 6. The highest BCUT2D eigenvalue weighted by Gasteiger charge is 2.46. The predicted molar refractivity (Wildman–Crippen MR) is 78.4 cm³/mol. The van der Waals surface area contributed by atoms with E-state index in [9.17, 15) is 9.59 Å². The van der Waals surface area contributed by atoms with Crippen LogP contribution >= 0.6 is 11.8 Å². The van der Waals surface area contributed by atoms with Gasteiger partial charge in [0.05, 0.1) is 7.11 Å². The zero-order valence-electron chi connectivity index (χ0n) is 12.2. The number of nitrogens with one attached hydrogen (secondary N) is 2. The molecule has 1 heterocycles. The lowest BCUT2D eigenvalue weighted by Gasteiger charge is -2.25. The standard InChI is InChI=1S/C13H20N4O3S/c1-14-13(10(18)20-2)6-5-9(7-13)21-12-16-15-11(19)17(12)8-3-4-8/h8-9,14H,3-7H2,1-2H3,(H,15,19). The Morgan fingerprint density at radius 3 is 2.90 bits per heavy atom. The summed E-state index contributed by atoms with van der Waals surface area (Å²) in [7, 11) is 3.21. The first-order valence-electron chi connectivity index (χ1n) is 7.20. The van der Waals surface area contributed by atoms with Gasteiger partial charge in [-0.2, -0.15) is 0 Å². The second-order valence-corrected chi connectivity index (χ2v) is 6.99. The number of nitrogens with zero attached hydrogens (tertiary/aromatic N) is 2. The van der Waals surface area contributed by atoms with Crippen LogP contribution in [-0.2, 0) is 9.53 Å². The number of rotatable bonds is 5. The van der Waals surface area contributed by atoms with Gasteiger partial charge >= 0.3 is 11.7 Å². The molecule has 0 aliphatic heterocycles. The van der Waals surface area contributed by atoms with Gasteiger partial charge in [-0.15, -0.1) is 5.10 Å². The maximum absolute atomic E-state index is 12.0. The predicted octanol–water partition coefficient (Wildman–Crippen LogP) is 0.682. The van der Waals surface area contributed by atoms with Crippen molar-refractivity contribution in [3.8, 4) is 0 Å². The van der Waals surface area contributed by atoms with E-state index in [-0.39, 0.29) is 16.9 Å². The van der Waals surface area contributed by atoms with E-state index in [1.807, 2.05) is 0 Å². The topological polar surface area (TPSA) is 89.0 Å². The summed E-state index contributed by atoms with van der Waals surface area (Å²) in [5, 5.41) is 10.8. The largest absolute Gasteiger partial charge is 0.468 e. The SMILES string of the molecule is CNC1(C(=O)OC)CCC(Sc2n[nH]c(=O)n2C2CC2)C1. The lowest BCUT2D eigenvalue weighted by Crippen LogP contribution is -2.49. The molecule has 21 heavy (non-hydrogen) atoms. The average Bonchev–Trinajstić information content (AvgIpc) is 3.14. The van der Waals surface area contributed by atoms with Crippen LogP contribution in [0, 0.1) is 0 Å². The van der Waals surface area contributed by atoms with E-state index in [0.717, 1.165) is 30.8 Å². The molecule has 0 radical (unpaired) electrons. The molecular formula is C13H20N4O3S. The van der Waals surface area contributed by atoms with Crippen molar-refractivity contribution in [2.24, 2.45) is 0 Å². The summed E-state index contributed by atoms with van der Waals surface area (Å²) in [6.45, 7) is 0. The molecule has 2 saturated carbocycles. The number of hydrogen-bond donors (Lipinski definition) is 2. The Hall–Kier alpha value is -1.28. The fourth-order valence-corrected chi connectivity index (χ4v) is 4.33. The Balaban J connectivity index is 1.73. The normalized spacial score (nSPS) is 28.8. The maximum Gasteiger partial charge on any atom is 0.344 e. The van der Waals surface area contributed by atoms with E-state index in [4.69, 9.17) is 4.74 Å². The Kier molecular flexibility index (Phi) is 3.83. The molecule has 2 atom stereocenters. The first-order valence-corrected chi connectivity index (χ1v) is 8.08. The van der Waals surface area contributed by atoms with Gasteiger partial charge in [0.15, 0.2) is 5.16 Å². The number of aromatic amines is 1. The van der Waals surface area contributed by atoms with Crippen LogP contribution in [0.5, 0.6) is 0 Å². The van der Waals surface area contributed by atoms with Crippen molar-refractivity contribution in [2.75, 3.05) is 14.2 Å². The first kappa shape index (κ1) is 14.6. The Morgan fingerprint density at radius 1 is 1.52 bits per heavy atom. The van der Waals surface area contributed by atoms with Crippen LogP contribution in [0.4, 0.5) is 0 Å². The zero-order chi connectivity index (χ0) is 15.0. The molecule has 3 rings (SSSR count). The first-order chi connectivity index (χ1) is 10.1. The number of ether oxygens (including phenoxy) is 1. The minimum atomic E-state index is -0.604. The lowest BCUT2D eigenvalue weighted by molar-refractivity contribution is -0.148. The summed E-state index contributed by atoms with van der Waals surface area (Å²) in [6, 6.07) is 0.301. The third-order valence-corrected chi connectivity index (χ3v) is 5.61. The monoisotopic (exact) mass is 312 g/mol. The van der Waals surface area contributed by atoms with E-state index in [0.29, 0.717) is 12.5 Å². The van der Waals surface area contributed by atoms with Crippen LogP contribution in [-0.4, -0.2) is 45.7 Å². The number of aromatic nitrogens is 3. The van der Waals surface area contributed by atoms with Crippen LogP contribution in [0.15, 0.2) is 9.95 Å². The highest BCUT2D eigenvalue weighted by atomic mass is 32.2. The number of carbonyl (C=O) groups is 1. The molecule has 1 aromatic rings. The summed E-state index contributed by atoms with van der Waals surface area (Å²) in [6.07, 6.45) is 4.41. The number of carbonyl (C=O) groups excluding carboxylic acids is 1. The van der Waals surface area contributed by atoms with Crippen molar-refractivity contribution in [1.29, 1.82) is 0 Å². The van der Waals surface area contributed by atoms with Crippen molar-refractivity contribution in [3.05, 3.63) is 10.5 Å². The molecule has 2 aliphatic carbocycles. The number of thioether (sulfide) groups is 1. The van der Waals surface area contributed by atoms with E-state index in [1.54, 1.807) is 23.4 Å². The molecule has 1 aromatic heterocycles. The van der Waals surface area contributed by atoms with E-state index < -0.39 is 5.54 Å². The van der Waals surface area contributed by atoms with Crippen molar-refractivity contribution < 1.29 is 9.53 Å². The van der Waals surface area contributed by atoms with Crippen molar-refractivity contribution in [1.82, 2.24) is 20.1 Å². The summed E-state index contributed by atoms with van der Waals surface area (Å²) < 4.78 is 6.67. The van der Waals surface area contributed by atoms with Crippen LogP contribution in [0.2, 0.25) is 0 Å². The Labute approximate surface area is 126 Å². The smallest absolute Gasteiger partial charge is 0.344 e. The van der Waals surface area contributed by atoms with E-state index in [2.05, 4.69) is 15.5 Å². The van der Waals surface area contributed by atoms with Crippen LogP contribution in [0.25, 0.3) is 0 Å². The fourth-order valence-electron chi connectivity index (χ4n) is 2.99. The minimum Gasteiger partial charge on any atom is -0.468 e. The Morgan fingerprint density at radius 2 is 2.29 bits per heavy atom. The number of H-pyrrole nitrogens is 1. The third-order valence-electron chi connectivity index (χ3n) is 4.38. The van der Waals surface area contributed by atoms with Crippen LogP contribution in [0.3, 0.4) is 0 Å². The minimum absolute atomic E-state index is 0.133. The van der Waals surface area contributed by atoms with Crippen LogP contribution in [0.1, 0.15) is 38.1 Å². The molecule has 2 fully saturated rings. The highest BCUT2D eigenvalue weighted by molar-refractivity contribution is 7.99. The van der Waals surface area contributed by atoms with Gasteiger partial charge < -0.3 is 10.1 Å². The average molecular weight is 312 g/mol. The van der Waals surface area contributed by atoms with Gasteiger partial charge in [0, 0.05) is 11.3 Å². The van der Waals surface area contributed by atoms with Gasteiger partial charge in [-0.1, -0.05) is 11.8 Å². The highest BCUT2D eigenvalue weighted by Crippen LogP contribution is 2.42. The van der Waals surface area contributed by atoms with Crippen molar-refractivity contribution in [2.45, 2.75) is 54.1 Å². The molecule has 2 N–H and O–H groups in total. The van der Waals surface area contributed by atoms with Crippen molar-refractivity contribution >= 4 is 17.7 Å². The molecule has 116 valence electrons. The number of esters is 1. The second-order valence-electron chi connectivity index (χ2n) is 5.72. The summed E-state index contributed by atoms with van der Waals surface area (Å²) >= 11 is 1.59. The zero-order valence-corrected chi connectivity index (χ0v) is 13.0. The molecule has 0 bridgehead atoms. The van der Waals surface area contributed by atoms with Gasteiger partial charge in [0.25, 0.3) is 0 Å². The lowest BCUT2D eigenvalue weighted by atomic mass is 9.98.